The molecule has 3 aliphatic rings. The molecule has 3 aliphatic heterocycles. The van der Waals surface area contributed by atoms with Crippen LogP contribution in [0.2, 0.25) is 0 Å². The smallest absolute Gasteiger partial charge is 0.274 e. The zero-order chi connectivity index (χ0) is 50.1. The molecule has 0 unspecified atom stereocenters. The van der Waals surface area contributed by atoms with Crippen molar-refractivity contribution in [1.29, 1.82) is 0 Å². The van der Waals surface area contributed by atoms with E-state index in [0.29, 0.717) is 98.2 Å². The number of aryl methyl sites for hydroxylation is 2. The number of halogens is 1. The van der Waals surface area contributed by atoms with E-state index in [1.165, 1.54) is 11.6 Å². The highest BCUT2D eigenvalue weighted by Gasteiger charge is 2.31. The summed E-state index contributed by atoms with van der Waals surface area (Å²) in [4.78, 5) is 89.8. The normalized spacial score (nSPS) is 16.0. The van der Waals surface area contributed by atoms with Crippen LogP contribution in [0.25, 0.3) is 21.9 Å². The quantitative estimate of drug-likeness (QED) is 0.130. The second-order valence-corrected chi connectivity index (χ2v) is 18.9. The highest BCUT2D eigenvalue weighted by molar-refractivity contribution is 6.03. The largest absolute Gasteiger partial charge is 0.338 e. The predicted molar refractivity (Wildman–Crippen MR) is 272 cm³/mol. The fraction of sp³-hybridized carbons (Fsp3) is 0.389. The number of pyridine rings is 1. The number of piperazine rings is 2. The van der Waals surface area contributed by atoms with E-state index in [1.54, 1.807) is 52.5 Å². The third-order valence-corrected chi connectivity index (χ3v) is 14.0. The van der Waals surface area contributed by atoms with E-state index in [0.717, 1.165) is 68.8 Å². The van der Waals surface area contributed by atoms with Crippen LogP contribution in [-0.2, 0) is 29.0 Å². The first-order valence-corrected chi connectivity index (χ1v) is 24.9. The number of aromatic amines is 1. The van der Waals surface area contributed by atoms with Crippen molar-refractivity contribution in [2.45, 2.75) is 46.1 Å². The average molecular weight is 977 g/mol. The molecule has 3 fully saturated rings. The van der Waals surface area contributed by atoms with E-state index in [2.05, 4.69) is 64.6 Å². The van der Waals surface area contributed by atoms with Crippen molar-refractivity contribution in [1.82, 2.24) is 55.0 Å². The molecule has 0 saturated carbocycles. The van der Waals surface area contributed by atoms with Gasteiger partial charge in [-0.1, -0.05) is 55.5 Å². The Morgan fingerprint density at radius 1 is 0.750 bits per heavy atom. The third kappa shape index (κ3) is 12.1. The lowest BCUT2D eigenvalue weighted by molar-refractivity contribution is -0.134. The molecular formula is C54H61FN12O5. The summed E-state index contributed by atoms with van der Waals surface area (Å²) in [6.07, 6.45) is 6.49. The molecule has 3 aromatic carbocycles. The molecule has 0 radical (unpaired) electrons. The van der Waals surface area contributed by atoms with Gasteiger partial charge in [0.2, 0.25) is 11.8 Å². The Balaban J connectivity index is 0.722. The van der Waals surface area contributed by atoms with Crippen LogP contribution in [0.1, 0.15) is 69.0 Å². The lowest BCUT2D eigenvalue weighted by Crippen LogP contribution is -2.53. The summed E-state index contributed by atoms with van der Waals surface area (Å²) in [7, 11) is 0. The van der Waals surface area contributed by atoms with Gasteiger partial charge in [0, 0.05) is 95.2 Å². The molecule has 4 amide bonds. The lowest BCUT2D eigenvalue weighted by atomic mass is 9.96. The maximum atomic E-state index is 15.1. The summed E-state index contributed by atoms with van der Waals surface area (Å²) in [5, 5.41) is 14.1. The van der Waals surface area contributed by atoms with E-state index in [9.17, 15) is 24.0 Å². The summed E-state index contributed by atoms with van der Waals surface area (Å²) in [5.74, 6) is -0.403. The number of piperidine rings is 1. The number of anilines is 1. The number of hydrogen-bond acceptors (Lipinski definition) is 12. The Morgan fingerprint density at radius 3 is 2.25 bits per heavy atom. The molecule has 6 aromatic rings. The molecule has 3 N–H and O–H groups in total. The second-order valence-electron chi connectivity index (χ2n) is 18.9. The fourth-order valence-electron chi connectivity index (χ4n) is 9.90. The van der Waals surface area contributed by atoms with E-state index in [-0.39, 0.29) is 41.1 Å². The molecule has 72 heavy (non-hydrogen) atoms. The van der Waals surface area contributed by atoms with E-state index < -0.39 is 11.7 Å². The molecule has 17 nitrogen and oxygen atoms in total. The van der Waals surface area contributed by atoms with Gasteiger partial charge in [-0.15, -0.1) is 0 Å². The van der Waals surface area contributed by atoms with Crippen LogP contribution in [0.15, 0.2) is 96.1 Å². The predicted octanol–water partition coefficient (Wildman–Crippen LogP) is 4.56. The zero-order valence-corrected chi connectivity index (χ0v) is 40.9. The third-order valence-electron chi connectivity index (χ3n) is 14.0. The van der Waals surface area contributed by atoms with E-state index in [4.69, 9.17) is 0 Å². The monoisotopic (exact) mass is 976 g/mol. The zero-order valence-electron chi connectivity index (χ0n) is 40.9. The van der Waals surface area contributed by atoms with E-state index >= 15 is 4.39 Å². The molecular weight excluding hydrogens is 916 g/mol. The summed E-state index contributed by atoms with van der Waals surface area (Å²) >= 11 is 0. The van der Waals surface area contributed by atoms with Gasteiger partial charge in [0.05, 0.1) is 41.1 Å². The first kappa shape index (κ1) is 49.7. The first-order valence-electron chi connectivity index (χ1n) is 24.9. The minimum Gasteiger partial charge on any atom is -0.338 e. The minimum absolute atomic E-state index is 0.0167. The van der Waals surface area contributed by atoms with Crippen molar-refractivity contribution in [3.8, 4) is 11.1 Å². The maximum absolute atomic E-state index is 15.1. The highest BCUT2D eigenvalue weighted by atomic mass is 19.1. The number of H-pyrrole nitrogens is 1. The number of amides is 4. The van der Waals surface area contributed by atoms with Gasteiger partial charge in [0.15, 0.2) is 5.69 Å². The number of nitrogens with one attached hydrogen (secondary N) is 3. The van der Waals surface area contributed by atoms with Gasteiger partial charge < -0.3 is 25.3 Å². The fourth-order valence-corrected chi connectivity index (χ4v) is 9.90. The molecule has 3 aromatic heterocycles. The van der Waals surface area contributed by atoms with Crippen molar-refractivity contribution in [3.63, 3.8) is 0 Å². The van der Waals surface area contributed by atoms with Crippen molar-refractivity contribution in [2.75, 3.05) is 90.4 Å². The number of carbonyl (C=O) groups is 4. The van der Waals surface area contributed by atoms with Crippen LogP contribution >= 0.6 is 0 Å². The van der Waals surface area contributed by atoms with Gasteiger partial charge in [-0.2, -0.15) is 5.10 Å². The summed E-state index contributed by atoms with van der Waals surface area (Å²) in [6, 6.07) is 23.4. The van der Waals surface area contributed by atoms with Gasteiger partial charge in [-0.25, -0.2) is 24.4 Å². The Hall–Kier alpha value is -7.28. The standard InChI is InChI=1S/C54H61FN12O5/c1-3-37-7-6-8-40(27-37)41-30-48(60-49(68)33-56-32-42-13-16-57-36(2)59-42)51(58-31-41)54(72)67-21-19-64(20-22-67)34-38-14-17-63(18-15-38)35-50(69)65-23-25-66(26-24-65)53(71)45-28-39(11-12-46(45)55)29-47-43-9-4-5-10-44(43)52(70)62-61-47/h4-13,16,27-28,30-31,38,56H,3,14-15,17-26,29,32-35H2,1-2H3,(H,60,68)(H,62,70). The van der Waals surface area contributed by atoms with Gasteiger partial charge in [0.1, 0.15) is 11.6 Å². The highest BCUT2D eigenvalue weighted by Crippen LogP contribution is 2.28. The molecule has 0 aliphatic carbocycles. The molecule has 9 rings (SSSR count). The number of aromatic nitrogens is 5. The molecule has 0 bridgehead atoms. The van der Waals surface area contributed by atoms with Crippen molar-refractivity contribution >= 4 is 40.1 Å². The minimum atomic E-state index is -0.612. The maximum Gasteiger partial charge on any atom is 0.274 e. The van der Waals surface area contributed by atoms with Crippen LogP contribution in [0.3, 0.4) is 0 Å². The Bertz CT molecular complexity index is 3000. The van der Waals surface area contributed by atoms with E-state index in [1.807, 2.05) is 42.2 Å². The first-order chi connectivity index (χ1) is 35.0. The number of carbonyl (C=O) groups excluding carboxylic acids is 4. The lowest BCUT2D eigenvalue weighted by Gasteiger charge is -2.39. The molecule has 374 valence electrons. The second kappa shape index (κ2) is 22.9. The number of rotatable bonds is 15. The van der Waals surface area contributed by atoms with Gasteiger partial charge in [-0.05, 0) is 92.2 Å². The Kier molecular flexibility index (Phi) is 15.8. The van der Waals surface area contributed by atoms with Gasteiger partial charge in [0.25, 0.3) is 17.4 Å². The molecule has 18 heteroatoms. The van der Waals surface area contributed by atoms with Crippen LogP contribution in [0, 0.1) is 18.7 Å². The number of hydrogen-bond donors (Lipinski definition) is 3. The molecule has 0 spiro atoms. The topological polar surface area (TPSA) is 193 Å². The van der Waals surface area contributed by atoms with Crippen LogP contribution in [0.4, 0.5) is 10.1 Å². The van der Waals surface area contributed by atoms with Crippen LogP contribution in [-0.4, -0.2) is 158 Å². The number of benzene rings is 3. The van der Waals surface area contributed by atoms with Crippen molar-refractivity contribution < 1.29 is 23.6 Å². The molecule has 3 saturated heterocycles. The number of fused-ring (bicyclic) bond motifs is 1. The Morgan fingerprint density at radius 2 is 1.49 bits per heavy atom. The summed E-state index contributed by atoms with van der Waals surface area (Å²) < 4.78 is 15.1. The Labute approximate surface area is 417 Å². The van der Waals surface area contributed by atoms with Crippen molar-refractivity contribution in [3.05, 3.63) is 147 Å². The summed E-state index contributed by atoms with van der Waals surface area (Å²) in [5.41, 5.74) is 5.29. The van der Waals surface area contributed by atoms with Gasteiger partial charge >= 0.3 is 0 Å². The average Bonchev–Trinajstić information content (AvgIpc) is 3.40. The van der Waals surface area contributed by atoms with Crippen LogP contribution in [0.5, 0.6) is 0 Å². The molecule has 6 heterocycles. The van der Waals surface area contributed by atoms with Gasteiger partial charge in [-0.3, -0.25) is 33.8 Å². The van der Waals surface area contributed by atoms with Crippen LogP contribution < -0.4 is 16.2 Å². The summed E-state index contributed by atoms with van der Waals surface area (Å²) in [6.45, 7) is 11.0. The number of likely N-dealkylation sites (tertiary alicyclic amines) is 1. The number of nitrogens with zero attached hydrogens (tertiary/aromatic N) is 9. The molecule has 0 atom stereocenters. The SMILES string of the molecule is CCc1cccc(-c2cnc(C(=O)N3CCN(CC4CCN(CC(=O)N5CCN(C(=O)c6cc(Cc7n[nH]c(=O)c8ccccc78)ccc6F)CC5)CC4)CC3)c(NC(=O)CNCc3ccnc(C)n3)c2)c1. The van der Waals surface area contributed by atoms with Crippen molar-refractivity contribution in [2.24, 2.45) is 5.92 Å².